The smallest absolute Gasteiger partial charge is 0.407 e. The third kappa shape index (κ3) is 4.59. The van der Waals surface area contributed by atoms with E-state index in [0.29, 0.717) is 5.92 Å². The van der Waals surface area contributed by atoms with Gasteiger partial charge in [0.1, 0.15) is 6.10 Å². The molecule has 0 spiro atoms. The van der Waals surface area contributed by atoms with Crippen LogP contribution in [0.4, 0.5) is 16.3 Å². The average molecular weight is 369 g/mol. The van der Waals surface area contributed by atoms with Crippen LogP contribution >= 0.6 is 0 Å². The molecule has 27 heavy (non-hydrogen) atoms. The summed E-state index contributed by atoms with van der Waals surface area (Å²) in [5.41, 5.74) is 3.16. The maximum Gasteiger partial charge on any atom is 0.407 e. The maximum absolute atomic E-state index is 12.1. The summed E-state index contributed by atoms with van der Waals surface area (Å²) in [5.74, 6) is 1.15. The van der Waals surface area contributed by atoms with E-state index in [1.807, 2.05) is 19.2 Å². The summed E-state index contributed by atoms with van der Waals surface area (Å²) >= 11 is 0. The lowest BCUT2D eigenvalue weighted by molar-refractivity contribution is 0.0971. The molecule has 3 heterocycles. The van der Waals surface area contributed by atoms with Gasteiger partial charge in [0.2, 0.25) is 0 Å². The lowest BCUT2D eigenvalue weighted by Gasteiger charge is -2.17. The van der Waals surface area contributed by atoms with Crippen LogP contribution in [0.5, 0.6) is 0 Å². The summed E-state index contributed by atoms with van der Waals surface area (Å²) in [7, 11) is 0. The molecule has 0 saturated heterocycles. The van der Waals surface area contributed by atoms with E-state index in [9.17, 15) is 4.79 Å². The molecule has 3 atom stereocenters. The van der Waals surface area contributed by atoms with Gasteiger partial charge in [0.25, 0.3) is 0 Å². The van der Waals surface area contributed by atoms with Gasteiger partial charge in [-0.15, -0.1) is 0 Å². The monoisotopic (exact) mass is 369 g/mol. The normalized spacial score (nSPS) is 26.3. The lowest BCUT2D eigenvalue weighted by Crippen LogP contribution is -2.35. The Kier molecular flexibility index (Phi) is 5.27. The van der Waals surface area contributed by atoms with E-state index in [4.69, 9.17) is 4.74 Å². The Morgan fingerprint density at radius 3 is 3.04 bits per heavy atom. The second-order valence-corrected chi connectivity index (χ2v) is 7.70. The van der Waals surface area contributed by atoms with Crippen molar-refractivity contribution in [2.24, 2.45) is 0 Å². The fourth-order valence-corrected chi connectivity index (χ4v) is 4.00. The van der Waals surface area contributed by atoms with Crippen LogP contribution in [0, 0.1) is 0 Å². The number of hydrogen-bond acceptors (Lipinski definition) is 5. The molecular weight excluding hydrogens is 342 g/mol. The van der Waals surface area contributed by atoms with Crippen molar-refractivity contribution in [2.45, 2.75) is 69.9 Å². The van der Waals surface area contributed by atoms with Crippen LogP contribution in [0.25, 0.3) is 0 Å². The van der Waals surface area contributed by atoms with Crippen LogP contribution in [-0.4, -0.2) is 33.4 Å². The zero-order valence-corrected chi connectivity index (χ0v) is 15.7. The molecule has 1 amide bonds. The molecule has 3 N–H and O–H groups in total. The van der Waals surface area contributed by atoms with Crippen LogP contribution in [0.3, 0.4) is 0 Å². The van der Waals surface area contributed by atoms with Crippen molar-refractivity contribution in [3.63, 3.8) is 0 Å². The van der Waals surface area contributed by atoms with Gasteiger partial charge in [-0.3, -0.25) is 10.1 Å². The number of nitrogens with zero attached hydrogens (tertiary/aromatic N) is 2. The summed E-state index contributed by atoms with van der Waals surface area (Å²) < 4.78 is 5.63. The summed E-state index contributed by atoms with van der Waals surface area (Å²) in [5, 5.41) is 13.9. The minimum absolute atomic E-state index is 0.0245. The van der Waals surface area contributed by atoms with Crippen LogP contribution in [0.15, 0.2) is 24.4 Å². The lowest BCUT2D eigenvalue weighted by atomic mass is 10.0. The molecule has 2 aliphatic rings. The summed E-state index contributed by atoms with van der Waals surface area (Å²) in [6.45, 7) is 2.03. The van der Waals surface area contributed by atoms with Crippen molar-refractivity contribution in [2.75, 3.05) is 5.32 Å². The number of aromatic amines is 1. The quantitative estimate of drug-likeness (QED) is 0.652. The first kappa shape index (κ1) is 17.8. The van der Waals surface area contributed by atoms with E-state index in [1.165, 1.54) is 0 Å². The minimum Gasteiger partial charge on any atom is -0.446 e. The van der Waals surface area contributed by atoms with Gasteiger partial charge in [-0.05, 0) is 57.6 Å². The molecule has 1 aliphatic carbocycles. The molecule has 4 rings (SSSR count). The summed E-state index contributed by atoms with van der Waals surface area (Å²) in [4.78, 5) is 16.6. The topological polar surface area (TPSA) is 91.9 Å². The molecule has 6 bridgehead atoms. The van der Waals surface area contributed by atoms with Gasteiger partial charge in [-0.25, -0.2) is 4.79 Å². The fraction of sp³-hybridized carbons (Fsp3) is 0.550. The number of ether oxygens (including phenoxy) is 1. The van der Waals surface area contributed by atoms with E-state index >= 15 is 0 Å². The molecule has 1 aliphatic heterocycles. The number of hydrogen-bond donors (Lipinski definition) is 3. The highest BCUT2D eigenvalue weighted by Crippen LogP contribution is 2.36. The number of nitrogens with one attached hydrogen (secondary N) is 3. The zero-order valence-electron chi connectivity index (χ0n) is 15.7. The van der Waals surface area contributed by atoms with Gasteiger partial charge in [-0.2, -0.15) is 5.10 Å². The van der Waals surface area contributed by atoms with E-state index in [1.54, 1.807) is 0 Å². The number of anilines is 2. The third-order valence-electron chi connectivity index (χ3n) is 5.47. The van der Waals surface area contributed by atoms with Crippen molar-refractivity contribution in [1.82, 2.24) is 20.5 Å². The molecular formula is C20H27N5O2. The molecule has 144 valence electrons. The average Bonchev–Trinajstić information content (AvgIpc) is 3.28. The first-order valence-electron chi connectivity index (χ1n) is 9.90. The van der Waals surface area contributed by atoms with Crippen molar-refractivity contribution in [1.29, 1.82) is 0 Å². The Balaban J connectivity index is 1.52. The van der Waals surface area contributed by atoms with Crippen molar-refractivity contribution in [3.8, 4) is 0 Å². The van der Waals surface area contributed by atoms with Crippen molar-refractivity contribution in [3.05, 3.63) is 35.8 Å². The third-order valence-corrected chi connectivity index (χ3v) is 5.47. The van der Waals surface area contributed by atoms with Crippen LogP contribution in [0.1, 0.15) is 62.8 Å². The first-order valence-corrected chi connectivity index (χ1v) is 9.90. The number of aryl methyl sites for hydroxylation is 1. The van der Waals surface area contributed by atoms with E-state index in [0.717, 1.165) is 67.8 Å². The molecule has 1 saturated carbocycles. The van der Waals surface area contributed by atoms with Gasteiger partial charge < -0.3 is 15.4 Å². The second-order valence-electron chi connectivity index (χ2n) is 7.70. The molecule has 2 aromatic heterocycles. The number of rotatable bonds is 0. The minimum atomic E-state index is -0.296. The number of amides is 1. The number of alkyl carbamates (subject to hydrolysis) is 1. The Morgan fingerprint density at radius 1 is 1.19 bits per heavy atom. The Morgan fingerprint density at radius 2 is 2.11 bits per heavy atom. The standard InChI is InChI=1S/C20H27N5O2/c1-13-4-2-3-5-15-11-16(8-9-21-15)23-19-12-18(24-25-19)14-6-7-17(10-14)27-20(26)22-13/h8-9,11-14,17H,2-7,10H2,1H3,(H,22,26)(H2,23,24,25)/t13-,14+,17-/m1/s1. The second kappa shape index (κ2) is 7.98. The molecule has 0 unspecified atom stereocenters. The van der Waals surface area contributed by atoms with Crippen LogP contribution in [-0.2, 0) is 11.2 Å². The van der Waals surface area contributed by atoms with E-state index in [-0.39, 0.29) is 18.2 Å². The summed E-state index contributed by atoms with van der Waals surface area (Å²) in [6.07, 6.45) is 8.17. The molecule has 2 aromatic rings. The molecule has 7 nitrogen and oxygen atoms in total. The summed E-state index contributed by atoms with van der Waals surface area (Å²) in [6, 6.07) is 6.22. The number of carbonyl (C=O) groups is 1. The highest BCUT2D eigenvalue weighted by molar-refractivity contribution is 5.67. The Hall–Kier alpha value is -2.57. The Bertz CT molecular complexity index is 790. The number of pyridine rings is 1. The van der Waals surface area contributed by atoms with Crippen LogP contribution < -0.4 is 10.6 Å². The number of H-pyrrole nitrogens is 1. The van der Waals surface area contributed by atoms with Gasteiger partial charge >= 0.3 is 6.09 Å². The molecule has 1 fully saturated rings. The van der Waals surface area contributed by atoms with Crippen molar-refractivity contribution >= 4 is 17.6 Å². The number of fused-ring (bicyclic) bond motifs is 7. The predicted octanol–water partition coefficient (Wildman–Crippen LogP) is 4.03. The number of carbonyl (C=O) groups excluding carboxylic acids is 1. The van der Waals surface area contributed by atoms with Crippen molar-refractivity contribution < 1.29 is 9.53 Å². The SMILES string of the molecule is C[C@@H]1CCCCc2cc(ccn2)Nc2cc([nH]n2)[C@H]2CC[C@H](C2)OC(=O)N1. The van der Waals surface area contributed by atoms with E-state index < -0.39 is 0 Å². The van der Waals surface area contributed by atoms with Gasteiger partial charge in [0, 0.05) is 41.3 Å². The maximum atomic E-state index is 12.1. The van der Waals surface area contributed by atoms with Gasteiger partial charge in [0.05, 0.1) is 0 Å². The predicted molar refractivity (Wildman–Crippen MR) is 103 cm³/mol. The number of aromatic nitrogens is 3. The largest absolute Gasteiger partial charge is 0.446 e. The van der Waals surface area contributed by atoms with Gasteiger partial charge in [0.15, 0.2) is 5.82 Å². The molecule has 0 radical (unpaired) electrons. The highest BCUT2D eigenvalue weighted by atomic mass is 16.6. The van der Waals surface area contributed by atoms with Gasteiger partial charge in [-0.1, -0.05) is 6.42 Å². The van der Waals surface area contributed by atoms with Crippen LogP contribution in [0.2, 0.25) is 0 Å². The molecule has 0 aromatic carbocycles. The van der Waals surface area contributed by atoms with E-state index in [2.05, 4.69) is 37.9 Å². The zero-order chi connectivity index (χ0) is 18.6. The highest BCUT2D eigenvalue weighted by Gasteiger charge is 2.30. The fourth-order valence-electron chi connectivity index (χ4n) is 4.00. The Labute approximate surface area is 159 Å². The first-order chi connectivity index (χ1) is 13.2. The molecule has 7 heteroatoms.